The highest BCUT2D eigenvalue weighted by Gasteiger charge is 2.35. The van der Waals surface area contributed by atoms with Crippen molar-refractivity contribution < 1.29 is 0 Å². The average Bonchev–Trinajstić information content (AvgIpc) is 2.65. The lowest BCUT2D eigenvalue weighted by Crippen LogP contribution is -2.33. The highest BCUT2D eigenvalue weighted by atomic mass is 127. The van der Waals surface area contributed by atoms with Crippen molar-refractivity contribution in [1.82, 2.24) is 0 Å². The fourth-order valence-electron chi connectivity index (χ4n) is 4.54. The first-order chi connectivity index (χ1) is 13.4. The molecule has 0 heterocycles. The van der Waals surface area contributed by atoms with Crippen LogP contribution in [-0.4, -0.2) is 0 Å². The second-order valence-corrected chi connectivity index (χ2v) is 10.8. The lowest BCUT2D eigenvalue weighted by atomic mass is 9.64. The first kappa shape index (κ1) is 20.3. The summed E-state index contributed by atoms with van der Waals surface area (Å²) < 4.78 is 1.35. The number of benzene rings is 2. The Morgan fingerprint density at radius 1 is 1.07 bits per heavy atom. The van der Waals surface area contributed by atoms with E-state index in [2.05, 4.69) is 85.7 Å². The van der Waals surface area contributed by atoms with Gasteiger partial charge in [0.05, 0.1) is 0 Å². The van der Waals surface area contributed by atoms with Gasteiger partial charge in [-0.05, 0) is 132 Å². The van der Waals surface area contributed by atoms with Crippen LogP contribution in [0.15, 0.2) is 47.9 Å². The van der Waals surface area contributed by atoms with Gasteiger partial charge >= 0.3 is 0 Å². The van der Waals surface area contributed by atoms with Crippen LogP contribution in [-0.2, 0) is 19.3 Å². The van der Waals surface area contributed by atoms with Crippen molar-refractivity contribution >= 4 is 39.3 Å². The molecule has 28 heavy (non-hydrogen) atoms. The first-order valence-corrected chi connectivity index (χ1v) is 12.3. The van der Waals surface area contributed by atoms with Crippen molar-refractivity contribution in [2.75, 3.05) is 0 Å². The molecule has 0 amide bonds. The van der Waals surface area contributed by atoms with E-state index in [-0.39, 0.29) is 0 Å². The van der Waals surface area contributed by atoms with Gasteiger partial charge in [0.2, 0.25) is 0 Å². The molecule has 0 aliphatic heterocycles. The summed E-state index contributed by atoms with van der Waals surface area (Å²) >= 11 is 4.20. The van der Waals surface area contributed by atoms with Gasteiger partial charge in [-0.3, -0.25) is 0 Å². The van der Waals surface area contributed by atoms with Gasteiger partial charge < -0.3 is 0 Å². The molecule has 4 rings (SSSR count). The smallest absolute Gasteiger partial charge is 0.0162 e. The standard InChI is InChI=1S/C26H29IS/c1-16(9-24-10-18(3)26(27)11-17(24)2)15-28-19(4)20-5-6-23-13-21-7-8-22(21)14-25(23)12-20/h5-6,10-12,15,21-22H,4,7-9,13-14H2,1-3H3/b16-15+. The molecule has 1 fully saturated rings. The molecule has 2 heteroatoms. The van der Waals surface area contributed by atoms with E-state index in [9.17, 15) is 0 Å². The summed E-state index contributed by atoms with van der Waals surface area (Å²) in [4.78, 5) is 1.16. The van der Waals surface area contributed by atoms with E-state index in [1.165, 1.54) is 57.1 Å². The van der Waals surface area contributed by atoms with Gasteiger partial charge in [-0.2, -0.15) is 0 Å². The Morgan fingerprint density at radius 2 is 1.79 bits per heavy atom. The number of rotatable bonds is 5. The normalized spacial score (nSPS) is 20.9. The number of halogens is 1. The molecular weight excluding hydrogens is 471 g/mol. The van der Waals surface area contributed by atoms with E-state index in [0.717, 1.165) is 23.2 Å². The van der Waals surface area contributed by atoms with Crippen LogP contribution in [0.4, 0.5) is 0 Å². The number of fused-ring (bicyclic) bond motifs is 2. The Hall–Kier alpha value is -1.00. The largest absolute Gasteiger partial charge is 0.0981 e. The quantitative estimate of drug-likeness (QED) is 0.376. The van der Waals surface area contributed by atoms with E-state index >= 15 is 0 Å². The lowest BCUT2D eigenvalue weighted by molar-refractivity contribution is 0.162. The molecule has 0 N–H and O–H groups in total. The molecule has 1 saturated carbocycles. The predicted molar refractivity (Wildman–Crippen MR) is 133 cm³/mol. The Balaban J connectivity index is 1.42. The Labute approximate surface area is 188 Å². The van der Waals surface area contributed by atoms with Crippen molar-refractivity contribution in [3.8, 4) is 0 Å². The topological polar surface area (TPSA) is 0 Å². The molecule has 0 aromatic heterocycles. The lowest BCUT2D eigenvalue weighted by Gasteiger charge is -2.41. The van der Waals surface area contributed by atoms with Crippen LogP contribution < -0.4 is 0 Å². The zero-order valence-electron chi connectivity index (χ0n) is 17.1. The highest BCUT2D eigenvalue weighted by Crippen LogP contribution is 2.44. The Morgan fingerprint density at radius 3 is 2.50 bits per heavy atom. The maximum atomic E-state index is 4.36. The highest BCUT2D eigenvalue weighted by molar-refractivity contribution is 14.1. The monoisotopic (exact) mass is 500 g/mol. The number of hydrogen-bond donors (Lipinski definition) is 0. The number of aryl methyl sites for hydroxylation is 2. The average molecular weight is 500 g/mol. The third-order valence-corrected chi connectivity index (χ3v) is 8.76. The molecule has 0 saturated heterocycles. The van der Waals surface area contributed by atoms with E-state index in [4.69, 9.17) is 0 Å². The Bertz CT molecular complexity index is 953. The molecule has 2 atom stereocenters. The summed E-state index contributed by atoms with van der Waals surface area (Å²) in [6, 6.07) is 11.7. The molecule has 2 aromatic rings. The van der Waals surface area contributed by atoms with Crippen molar-refractivity contribution in [1.29, 1.82) is 0 Å². The number of thioether (sulfide) groups is 1. The second kappa shape index (κ2) is 8.39. The fourth-order valence-corrected chi connectivity index (χ4v) is 5.85. The molecule has 0 spiro atoms. The summed E-state index contributed by atoms with van der Waals surface area (Å²) in [6.07, 6.45) is 6.47. The zero-order chi connectivity index (χ0) is 19.8. The summed E-state index contributed by atoms with van der Waals surface area (Å²) in [5.74, 6) is 1.92. The number of allylic oxidation sites excluding steroid dienone is 1. The molecule has 2 unspecified atom stereocenters. The van der Waals surface area contributed by atoms with Crippen LogP contribution in [0, 0.1) is 29.3 Å². The molecule has 0 radical (unpaired) electrons. The van der Waals surface area contributed by atoms with Crippen molar-refractivity contribution in [3.63, 3.8) is 0 Å². The van der Waals surface area contributed by atoms with Gasteiger partial charge in [-0.15, -0.1) is 0 Å². The summed E-state index contributed by atoms with van der Waals surface area (Å²) in [6.45, 7) is 11.0. The maximum Gasteiger partial charge on any atom is 0.0162 e. The summed E-state index contributed by atoms with van der Waals surface area (Å²) in [7, 11) is 0. The van der Waals surface area contributed by atoms with Gasteiger partial charge in [0.25, 0.3) is 0 Å². The van der Waals surface area contributed by atoms with Gasteiger partial charge in [0.15, 0.2) is 0 Å². The van der Waals surface area contributed by atoms with Gasteiger partial charge in [0, 0.05) is 8.48 Å². The summed E-state index contributed by atoms with van der Waals surface area (Å²) in [5.41, 5.74) is 10.0. The van der Waals surface area contributed by atoms with Gasteiger partial charge in [-0.25, -0.2) is 0 Å². The Kier molecular flexibility index (Phi) is 6.08. The van der Waals surface area contributed by atoms with E-state index in [0.29, 0.717) is 0 Å². The molecule has 2 aliphatic carbocycles. The van der Waals surface area contributed by atoms with Gasteiger partial charge in [0.1, 0.15) is 0 Å². The van der Waals surface area contributed by atoms with E-state index in [1.54, 1.807) is 22.9 Å². The van der Waals surface area contributed by atoms with Crippen LogP contribution in [0.25, 0.3) is 4.91 Å². The van der Waals surface area contributed by atoms with E-state index < -0.39 is 0 Å². The third-order valence-electron chi connectivity index (χ3n) is 6.56. The van der Waals surface area contributed by atoms with Crippen molar-refractivity contribution in [2.45, 2.75) is 52.9 Å². The molecule has 0 bridgehead atoms. The molecule has 146 valence electrons. The van der Waals surface area contributed by atoms with Crippen LogP contribution in [0.3, 0.4) is 0 Å². The maximum absolute atomic E-state index is 4.36. The SMILES string of the molecule is C=C(S/C=C(\C)Cc1cc(C)c(I)cc1C)c1ccc2c(c1)CC1CCC1C2. The number of hydrogen-bond acceptors (Lipinski definition) is 1. The second-order valence-electron chi connectivity index (χ2n) is 8.70. The zero-order valence-corrected chi connectivity index (χ0v) is 20.1. The molecule has 0 nitrogen and oxygen atoms in total. The third kappa shape index (κ3) is 4.28. The molecule has 2 aliphatic rings. The minimum Gasteiger partial charge on any atom is -0.0981 e. The minimum absolute atomic E-state index is 0.950. The first-order valence-electron chi connectivity index (χ1n) is 10.3. The molecule has 2 aromatic carbocycles. The van der Waals surface area contributed by atoms with Crippen LogP contribution in [0.2, 0.25) is 0 Å². The minimum atomic E-state index is 0.950. The van der Waals surface area contributed by atoms with Gasteiger partial charge in [-0.1, -0.05) is 48.2 Å². The molecular formula is C26H29IS. The fraction of sp³-hybridized carbons (Fsp3) is 0.385. The van der Waals surface area contributed by atoms with Crippen LogP contribution >= 0.6 is 34.4 Å². The van der Waals surface area contributed by atoms with Crippen LogP contribution in [0.5, 0.6) is 0 Å². The van der Waals surface area contributed by atoms with Crippen molar-refractivity contribution in [2.24, 2.45) is 11.8 Å². The summed E-state index contributed by atoms with van der Waals surface area (Å²) in [5, 5.41) is 2.29. The van der Waals surface area contributed by atoms with Crippen LogP contribution in [0.1, 0.15) is 53.1 Å². The van der Waals surface area contributed by atoms with Crippen molar-refractivity contribution in [3.05, 3.63) is 84.8 Å². The van der Waals surface area contributed by atoms with E-state index in [1.807, 2.05) is 0 Å². The predicted octanol–water partition coefficient (Wildman–Crippen LogP) is 7.88.